The lowest BCUT2D eigenvalue weighted by atomic mass is 10.0. The van der Waals surface area contributed by atoms with Crippen molar-refractivity contribution in [2.24, 2.45) is 11.7 Å². The maximum Gasteiger partial charge on any atom is 0.224 e. The van der Waals surface area contributed by atoms with Gasteiger partial charge in [0.15, 0.2) is 0 Å². The van der Waals surface area contributed by atoms with Crippen LogP contribution in [0.2, 0.25) is 0 Å². The molecule has 2 heteroatoms. The summed E-state index contributed by atoms with van der Waals surface area (Å²) in [5.41, 5.74) is 5.08. The van der Waals surface area contributed by atoms with Crippen molar-refractivity contribution in [2.75, 3.05) is 0 Å². The van der Waals surface area contributed by atoms with Crippen molar-refractivity contribution in [3.05, 3.63) is 12.7 Å². The van der Waals surface area contributed by atoms with Crippen LogP contribution in [0.4, 0.5) is 0 Å². The third kappa shape index (κ3) is 3.28. The fourth-order valence-electron chi connectivity index (χ4n) is 0.800. The Kier molecular flexibility index (Phi) is 4.63. The Hall–Kier alpha value is -0.790. The smallest absolute Gasteiger partial charge is 0.224 e. The molecule has 0 aliphatic rings. The second-order valence-electron chi connectivity index (χ2n) is 2.39. The Morgan fingerprint density at radius 1 is 1.80 bits per heavy atom. The topological polar surface area (TPSA) is 43.1 Å². The van der Waals surface area contributed by atoms with E-state index in [1.807, 2.05) is 0 Å². The van der Waals surface area contributed by atoms with Gasteiger partial charge in [0, 0.05) is 0 Å². The molecule has 0 bridgehead atoms. The average Bonchev–Trinajstić information content (AvgIpc) is 1.89. The van der Waals surface area contributed by atoms with Crippen LogP contribution >= 0.6 is 0 Å². The van der Waals surface area contributed by atoms with Gasteiger partial charge in [-0.05, 0) is 6.42 Å². The highest BCUT2D eigenvalue weighted by Gasteiger charge is 2.08. The summed E-state index contributed by atoms with van der Waals surface area (Å²) < 4.78 is 0. The highest BCUT2D eigenvalue weighted by atomic mass is 16.1. The number of rotatable bonds is 5. The molecule has 0 heterocycles. The molecule has 1 amide bonds. The second kappa shape index (κ2) is 5.03. The van der Waals surface area contributed by atoms with Crippen LogP contribution in [-0.4, -0.2) is 5.91 Å². The van der Waals surface area contributed by atoms with Gasteiger partial charge >= 0.3 is 0 Å². The standard InChI is InChI=1S/C8H15NO/c1-3-5-6-7(4-2)8(9)10/h4,7H,2-3,5-6H2,1H3,(H2,9,10). The molecule has 2 nitrogen and oxygen atoms in total. The highest BCUT2D eigenvalue weighted by Crippen LogP contribution is 2.07. The van der Waals surface area contributed by atoms with E-state index in [-0.39, 0.29) is 11.8 Å². The van der Waals surface area contributed by atoms with Crippen molar-refractivity contribution in [2.45, 2.75) is 26.2 Å². The van der Waals surface area contributed by atoms with Gasteiger partial charge in [0.25, 0.3) is 0 Å². The summed E-state index contributed by atoms with van der Waals surface area (Å²) in [5, 5.41) is 0. The van der Waals surface area contributed by atoms with Crippen molar-refractivity contribution in [1.82, 2.24) is 0 Å². The molecule has 0 radical (unpaired) electrons. The molecule has 2 N–H and O–H groups in total. The van der Waals surface area contributed by atoms with Gasteiger partial charge in [0.1, 0.15) is 0 Å². The van der Waals surface area contributed by atoms with E-state index in [1.165, 1.54) is 0 Å². The molecular weight excluding hydrogens is 126 g/mol. The molecule has 0 fully saturated rings. The van der Waals surface area contributed by atoms with E-state index in [0.29, 0.717) is 0 Å². The molecule has 0 aliphatic carbocycles. The first-order valence-corrected chi connectivity index (χ1v) is 3.64. The first-order chi connectivity index (χ1) is 4.72. The molecule has 1 atom stereocenters. The SMILES string of the molecule is C=CC(CCCC)C(N)=O. The molecule has 0 aromatic heterocycles. The Bertz CT molecular complexity index is 120. The van der Waals surface area contributed by atoms with E-state index >= 15 is 0 Å². The van der Waals surface area contributed by atoms with Gasteiger partial charge in [-0.1, -0.05) is 25.8 Å². The third-order valence-electron chi connectivity index (χ3n) is 1.52. The Balaban J connectivity index is 3.60. The van der Waals surface area contributed by atoms with Crippen molar-refractivity contribution >= 4 is 5.91 Å². The van der Waals surface area contributed by atoms with Gasteiger partial charge < -0.3 is 5.73 Å². The lowest BCUT2D eigenvalue weighted by molar-refractivity contribution is -0.120. The van der Waals surface area contributed by atoms with Gasteiger partial charge in [-0.2, -0.15) is 0 Å². The Morgan fingerprint density at radius 3 is 2.70 bits per heavy atom. The number of hydrogen-bond donors (Lipinski definition) is 1. The van der Waals surface area contributed by atoms with Gasteiger partial charge in [0.05, 0.1) is 5.92 Å². The molecule has 0 aromatic rings. The second-order valence-corrected chi connectivity index (χ2v) is 2.39. The fourth-order valence-corrected chi connectivity index (χ4v) is 0.800. The van der Waals surface area contributed by atoms with Gasteiger partial charge in [-0.15, -0.1) is 6.58 Å². The third-order valence-corrected chi connectivity index (χ3v) is 1.52. The molecule has 0 saturated carbocycles. The number of unbranched alkanes of at least 4 members (excludes halogenated alkanes) is 1. The lowest BCUT2D eigenvalue weighted by Crippen LogP contribution is -2.21. The van der Waals surface area contributed by atoms with Crippen molar-refractivity contribution in [1.29, 1.82) is 0 Å². The van der Waals surface area contributed by atoms with Crippen molar-refractivity contribution < 1.29 is 4.79 Å². The summed E-state index contributed by atoms with van der Waals surface area (Å²) in [7, 11) is 0. The highest BCUT2D eigenvalue weighted by molar-refractivity contribution is 5.78. The Labute approximate surface area is 62.1 Å². The van der Waals surface area contributed by atoms with E-state index in [1.54, 1.807) is 6.08 Å². The molecule has 10 heavy (non-hydrogen) atoms. The number of hydrogen-bond acceptors (Lipinski definition) is 1. The van der Waals surface area contributed by atoms with E-state index in [9.17, 15) is 4.79 Å². The van der Waals surface area contributed by atoms with E-state index < -0.39 is 0 Å². The van der Waals surface area contributed by atoms with Crippen LogP contribution in [0.15, 0.2) is 12.7 Å². The first-order valence-electron chi connectivity index (χ1n) is 3.64. The predicted octanol–water partition coefficient (Wildman–Crippen LogP) is 1.46. The van der Waals surface area contributed by atoms with Crippen LogP contribution in [0.25, 0.3) is 0 Å². The summed E-state index contributed by atoms with van der Waals surface area (Å²) >= 11 is 0. The molecular formula is C8H15NO. The quantitative estimate of drug-likeness (QED) is 0.579. The monoisotopic (exact) mass is 141 g/mol. The molecule has 0 aliphatic heterocycles. The molecule has 58 valence electrons. The van der Waals surface area contributed by atoms with E-state index in [0.717, 1.165) is 19.3 Å². The van der Waals surface area contributed by atoms with Crippen LogP contribution in [0.5, 0.6) is 0 Å². The summed E-state index contributed by atoms with van der Waals surface area (Å²) in [5.74, 6) is -0.386. The number of amides is 1. The summed E-state index contributed by atoms with van der Waals surface area (Å²) in [6.07, 6.45) is 4.60. The molecule has 0 saturated heterocycles. The maximum absolute atomic E-state index is 10.6. The summed E-state index contributed by atoms with van der Waals surface area (Å²) in [4.78, 5) is 10.6. The average molecular weight is 141 g/mol. The number of primary amides is 1. The molecule has 0 spiro atoms. The van der Waals surface area contributed by atoms with Gasteiger partial charge in [-0.25, -0.2) is 0 Å². The molecule has 0 rings (SSSR count). The minimum Gasteiger partial charge on any atom is -0.369 e. The zero-order valence-corrected chi connectivity index (χ0v) is 6.47. The minimum atomic E-state index is -0.261. The van der Waals surface area contributed by atoms with Crippen molar-refractivity contribution in [3.8, 4) is 0 Å². The van der Waals surface area contributed by atoms with Gasteiger partial charge in [0.2, 0.25) is 5.91 Å². The van der Waals surface area contributed by atoms with Crippen LogP contribution in [0.1, 0.15) is 26.2 Å². The van der Waals surface area contributed by atoms with E-state index in [2.05, 4.69) is 13.5 Å². The number of nitrogens with two attached hydrogens (primary N) is 1. The summed E-state index contributed by atoms with van der Waals surface area (Å²) in [6, 6.07) is 0. The molecule has 1 unspecified atom stereocenters. The number of carbonyl (C=O) groups is 1. The van der Waals surface area contributed by atoms with Crippen LogP contribution in [0, 0.1) is 5.92 Å². The van der Waals surface area contributed by atoms with Gasteiger partial charge in [-0.3, -0.25) is 4.79 Å². The normalized spacial score (nSPS) is 12.5. The maximum atomic E-state index is 10.6. The summed E-state index contributed by atoms with van der Waals surface area (Å²) in [6.45, 7) is 5.62. The largest absolute Gasteiger partial charge is 0.369 e. The lowest BCUT2D eigenvalue weighted by Gasteiger charge is -2.05. The van der Waals surface area contributed by atoms with Crippen LogP contribution in [0.3, 0.4) is 0 Å². The zero-order chi connectivity index (χ0) is 7.98. The van der Waals surface area contributed by atoms with Crippen LogP contribution in [-0.2, 0) is 4.79 Å². The predicted molar refractivity (Wildman–Crippen MR) is 42.4 cm³/mol. The fraction of sp³-hybridized carbons (Fsp3) is 0.625. The molecule has 0 aromatic carbocycles. The van der Waals surface area contributed by atoms with Crippen LogP contribution < -0.4 is 5.73 Å². The van der Waals surface area contributed by atoms with E-state index in [4.69, 9.17) is 5.73 Å². The Morgan fingerprint density at radius 2 is 2.40 bits per heavy atom. The minimum absolute atomic E-state index is 0.125. The zero-order valence-electron chi connectivity index (χ0n) is 6.47. The van der Waals surface area contributed by atoms with Crippen molar-refractivity contribution in [3.63, 3.8) is 0 Å². The first kappa shape index (κ1) is 9.21. The number of carbonyl (C=O) groups excluding carboxylic acids is 1.